The van der Waals surface area contributed by atoms with Gasteiger partial charge in [0.15, 0.2) is 11.5 Å². The van der Waals surface area contributed by atoms with Crippen LogP contribution in [-0.4, -0.2) is 26.8 Å². The largest absolute Gasteiger partial charge is 0.493 e. The van der Waals surface area contributed by atoms with Crippen molar-refractivity contribution < 1.29 is 19.0 Å². The third-order valence-corrected chi connectivity index (χ3v) is 2.28. The molecule has 0 amide bonds. The average molecular weight is 245 g/mol. The highest BCUT2D eigenvalue weighted by Crippen LogP contribution is 2.33. The van der Waals surface area contributed by atoms with Gasteiger partial charge in [0.25, 0.3) is 0 Å². The van der Waals surface area contributed by atoms with E-state index in [2.05, 4.69) is 0 Å². The van der Waals surface area contributed by atoms with Crippen molar-refractivity contribution in [2.75, 3.05) is 20.8 Å². The summed E-state index contributed by atoms with van der Waals surface area (Å²) in [5, 5.41) is 0.274. The van der Waals surface area contributed by atoms with Crippen molar-refractivity contribution in [1.82, 2.24) is 0 Å². The van der Waals surface area contributed by atoms with Crippen LogP contribution >= 0.6 is 11.6 Å². The van der Waals surface area contributed by atoms with E-state index in [9.17, 15) is 4.79 Å². The molecule has 0 heterocycles. The highest BCUT2D eigenvalue weighted by molar-refractivity contribution is 6.33. The van der Waals surface area contributed by atoms with Gasteiger partial charge in [0.05, 0.1) is 31.4 Å². The molecule has 1 aromatic carbocycles. The van der Waals surface area contributed by atoms with E-state index in [0.717, 1.165) is 0 Å². The van der Waals surface area contributed by atoms with Crippen LogP contribution in [0.25, 0.3) is 0 Å². The van der Waals surface area contributed by atoms with Gasteiger partial charge in [0.1, 0.15) is 0 Å². The summed E-state index contributed by atoms with van der Waals surface area (Å²) in [7, 11) is 2.99. The summed E-state index contributed by atoms with van der Waals surface area (Å²) in [6, 6.07) is 3.02. The first-order valence-electron chi connectivity index (χ1n) is 4.72. The van der Waals surface area contributed by atoms with Crippen LogP contribution in [0.15, 0.2) is 12.1 Å². The summed E-state index contributed by atoms with van der Waals surface area (Å²) >= 11 is 5.93. The predicted molar refractivity (Wildman–Crippen MR) is 60.5 cm³/mol. The second-order valence-electron chi connectivity index (χ2n) is 2.91. The molecule has 0 aliphatic rings. The topological polar surface area (TPSA) is 44.8 Å². The summed E-state index contributed by atoms with van der Waals surface area (Å²) < 4.78 is 15.0. The zero-order chi connectivity index (χ0) is 12.1. The van der Waals surface area contributed by atoms with E-state index in [0.29, 0.717) is 18.1 Å². The zero-order valence-electron chi connectivity index (χ0n) is 9.37. The zero-order valence-corrected chi connectivity index (χ0v) is 10.1. The minimum atomic E-state index is -0.478. The Hall–Kier alpha value is -1.42. The van der Waals surface area contributed by atoms with Crippen LogP contribution in [0.5, 0.6) is 11.5 Å². The molecule has 0 aliphatic heterocycles. The maximum absolute atomic E-state index is 11.5. The quantitative estimate of drug-likeness (QED) is 0.764. The van der Waals surface area contributed by atoms with Crippen LogP contribution in [0.4, 0.5) is 0 Å². The van der Waals surface area contributed by atoms with E-state index < -0.39 is 5.97 Å². The van der Waals surface area contributed by atoms with E-state index in [1.807, 2.05) is 0 Å². The van der Waals surface area contributed by atoms with Crippen molar-refractivity contribution in [2.24, 2.45) is 0 Å². The maximum Gasteiger partial charge on any atom is 0.339 e. The first kappa shape index (κ1) is 12.6. The molecule has 0 atom stereocenters. The molecule has 0 N–H and O–H groups in total. The molecule has 0 aliphatic carbocycles. The number of carbonyl (C=O) groups excluding carboxylic acids is 1. The summed E-state index contributed by atoms with van der Waals surface area (Å²) in [5.74, 6) is 0.434. The standard InChI is InChI=1S/C11H13ClO4/c1-4-16-11(13)7-5-9(14-2)10(15-3)6-8(7)12/h5-6H,4H2,1-3H3. The average Bonchev–Trinajstić information content (AvgIpc) is 2.28. The molecule has 0 spiro atoms. The van der Waals surface area contributed by atoms with Gasteiger partial charge in [-0.3, -0.25) is 0 Å². The molecule has 0 aromatic heterocycles. The number of benzene rings is 1. The van der Waals surface area contributed by atoms with Gasteiger partial charge in [0.2, 0.25) is 0 Å². The van der Waals surface area contributed by atoms with Gasteiger partial charge in [-0.1, -0.05) is 11.6 Å². The van der Waals surface area contributed by atoms with Crippen molar-refractivity contribution in [3.8, 4) is 11.5 Å². The van der Waals surface area contributed by atoms with Crippen LogP contribution < -0.4 is 9.47 Å². The molecule has 0 bridgehead atoms. The number of carbonyl (C=O) groups is 1. The third-order valence-electron chi connectivity index (χ3n) is 1.97. The number of methoxy groups -OCH3 is 2. The van der Waals surface area contributed by atoms with Crippen molar-refractivity contribution in [2.45, 2.75) is 6.92 Å². The molecule has 0 saturated carbocycles. The van der Waals surface area contributed by atoms with Crippen molar-refractivity contribution >= 4 is 17.6 Å². The summed E-state index contributed by atoms with van der Waals surface area (Å²) in [5.41, 5.74) is 0.265. The molecule has 5 heteroatoms. The number of rotatable bonds is 4. The minimum Gasteiger partial charge on any atom is -0.493 e. The number of hydrogen-bond acceptors (Lipinski definition) is 4. The summed E-state index contributed by atoms with van der Waals surface area (Å²) in [6.07, 6.45) is 0. The molecular weight excluding hydrogens is 232 g/mol. The van der Waals surface area contributed by atoms with Crippen molar-refractivity contribution in [3.63, 3.8) is 0 Å². The van der Waals surface area contributed by atoms with Crippen LogP contribution in [0.3, 0.4) is 0 Å². The molecule has 0 fully saturated rings. The van der Waals surface area contributed by atoms with Gasteiger partial charge in [-0.15, -0.1) is 0 Å². The Morgan fingerprint density at radius 3 is 2.31 bits per heavy atom. The molecule has 1 aromatic rings. The lowest BCUT2D eigenvalue weighted by Gasteiger charge is -2.10. The molecule has 4 nitrogen and oxygen atoms in total. The second kappa shape index (κ2) is 5.61. The van der Waals surface area contributed by atoms with E-state index in [1.165, 1.54) is 26.4 Å². The van der Waals surface area contributed by atoms with Gasteiger partial charge < -0.3 is 14.2 Å². The molecule has 0 radical (unpaired) electrons. The number of esters is 1. The summed E-state index contributed by atoms with van der Waals surface area (Å²) in [4.78, 5) is 11.5. The van der Waals surface area contributed by atoms with Gasteiger partial charge in [0, 0.05) is 6.07 Å². The van der Waals surface area contributed by atoms with E-state index in [4.69, 9.17) is 25.8 Å². The van der Waals surface area contributed by atoms with Crippen LogP contribution in [0, 0.1) is 0 Å². The van der Waals surface area contributed by atoms with E-state index in [-0.39, 0.29) is 10.6 Å². The Morgan fingerprint density at radius 1 is 1.25 bits per heavy atom. The molecule has 16 heavy (non-hydrogen) atoms. The van der Waals surface area contributed by atoms with Crippen LogP contribution in [0.1, 0.15) is 17.3 Å². The monoisotopic (exact) mass is 244 g/mol. The number of hydrogen-bond donors (Lipinski definition) is 0. The Morgan fingerprint density at radius 2 is 1.81 bits per heavy atom. The minimum absolute atomic E-state index is 0.265. The van der Waals surface area contributed by atoms with Crippen molar-refractivity contribution in [3.05, 3.63) is 22.7 Å². The normalized spacial score (nSPS) is 9.75. The maximum atomic E-state index is 11.5. The summed E-state index contributed by atoms with van der Waals surface area (Å²) in [6.45, 7) is 2.02. The SMILES string of the molecule is CCOC(=O)c1cc(OC)c(OC)cc1Cl. The molecule has 1 rings (SSSR count). The Labute approximate surface area is 99.1 Å². The molecule has 0 unspecified atom stereocenters. The first-order valence-corrected chi connectivity index (χ1v) is 5.10. The Balaban J connectivity index is 3.15. The Kier molecular flexibility index (Phi) is 4.43. The van der Waals surface area contributed by atoms with Crippen molar-refractivity contribution in [1.29, 1.82) is 0 Å². The lowest BCUT2D eigenvalue weighted by atomic mass is 10.2. The fourth-order valence-electron chi connectivity index (χ4n) is 1.22. The third kappa shape index (κ3) is 2.58. The number of halogens is 1. The smallest absolute Gasteiger partial charge is 0.339 e. The molecule has 0 saturated heterocycles. The fraction of sp³-hybridized carbons (Fsp3) is 0.364. The van der Waals surface area contributed by atoms with Crippen LogP contribution in [0.2, 0.25) is 5.02 Å². The van der Waals surface area contributed by atoms with Gasteiger partial charge in [-0.05, 0) is 13.0 Å². The van der Waals surface area contributed by atoms with E-state index in [1.54, 1.807) is 6.92 Å². The van der Waals surface area contributed by atoms with Gasteiger partial charge >= 0.3 is 5.97 Å². The molecule has 88 valence electrons. The lowest BCUT2D eigenvalue weighted by Crippen LogP contribution is -2.06. The van der Waals surface area contributed by atoms with Gasteiger partial charge in [-0.25, -0.2) is 4.79 Å². The lowest BCUT2D eigenvalue weighted by molar-refractivity contribution is 0.0526. The second-order valence-corrected chi connectivity index (χ2v) is 3.31. The van der Waals surface area contributed by atoms with Gasteiger partial charge in [-0.2, -0.15) is 0 Å². The molecular formula is C11H13ClO4. The van der Waals surface area contributed by atoms with Crippen LogP contribution in [-0.2, 0) is 4.74 Å². The first-order chi connectivity index (χ1) is 7.63. The van der Waals surface area contributed by atoms with E-state index >= 15 is 0 Å². The highest BCUT2D eigenvalue weighted by atomic mass is 35.5. The highest BCUT2D eigenvalue weighted by Gasteiger charge is 2.16. The Bertz CT molecular complexity index is 390. The number of ether oxygens (including phenoxy) is 3. The predicted octanol–water partition coefficient (Wildman–Crippen LogP) is 2.53. The fourth-order valence-corrected chi connectivity index (χ4v) is 1.45.